The lowest BCUT2D eigenvalue weighted by Crippen LogP contribution is -1.83. The number of hydrogen-bond donors (Lipinski definition) is 2. The second-order valence-corrected chi connectivity index (χ2v) is 4.57. The molecule has 0 radical (unpaired) electrons. The van der Waals surface area contributed by atoms with Gasteiger partial charge in [-0.05, 0) is 24.6 Å². The van der Waals surface area contributed by atoms with E-state index >= 15 is 0 Å². The molecule has 0 aliphatic rings. The van der Waals surface area contributed by atoms with E-state index in [1.54, 1.807) is 0 Å². The predicted octanol–water partition coefficient (Wildman–Crippen LogP) is 2.58. The van der Waals surface area contributed by atoms with Crippen LogP contribution in [-0.2, 0) is 0 Å². The highest BCUT2D eigenvalue weighted by Crippen LogP contribution is 2.23. The Kier molecular flexibility index (Phi) is 1.94. The van der Waals surface area contributed by atoms with E-state index in [9.17, 15) is 0 Å². The first kappa shape index (κ1) is 9.35. The Morgan fingerprint density at radius 3 is 2.94 bits per heavy atom. The molecule has 1 aromatic carbocycles. The highest BCUT2D eigenvalue weighted by Gasteiger charge is 2.08. The minimum Gasteiger partial charge on any atom is -0.375 e. The van der Waals surface area contributed by atoms with Crippen LogP contribution in [0.5, 0.6) is 0 Å². The molecule has 0 saturated carbocycles. The minimum absolute atomic E-state index is 0.562. The van der Waals surface area contributed by atoms with Gasteiger partial charge >= 0.3 is 0 Å². The fraction of sp³-hybridized carbons (Fsp3) is 0.0909. The largest absolute Gasteiger partial charge is 0.375 e. The Morgan fingerprint density at radius 1 is 1.31 bits per heavy atom. The van der Waals surface area contributed by atoms with Gasteiger partial charge in [-0.25, -0.2) is 9.97 Å². The van der Waals surface area contributed by atoms with E-state index in [1.165, 1.54) is 16.9 Å². The summed E-state index contributed by atoms with van der Waals surface area (Å²) in [6.07, 6.45) is 0. The lowest BCUT2D eigenvalue weighted by atomic mass is 10.2. The van der Waals surface area contributed by atoms with Gasteiger partial charge < -0.3 is 10.7 Å². The molecule has 5 heteroatoms. The smallest absolute Gasteiger partial charge is 0.180 e. The number of H-pyrrole nitrogens is 1. The van der Waals surface area contributed by atoms with Gasteiger partial charge in [0.05, 0.1) is 11.0 Å². The maximum Gasteiger partial charge on any atom is 0.180 e. The molecule has 0 spiro atoms. The van der Waals surface area contributed by atoms with E-state index in [2.05, 4.69) is 27.9 Å². The number of nitrogens with zero attached hydrogens (tertiary/aromatic N) is 2. The number of benzene rings is 1. The first-order valence-corrected chi connectivity index (χ1v) is 5.78. The third kappa shape index (κ3) is 1.45. The monoisotopic (exact) mass is 230 g/mol. The van der Waals surface area contributed by atoms with Gasteiger partial charge in [-0.2, -0.15) is 0 Å². The van der Waals surface area contributed by atoms with E-state index in [-0.39, 0.29) is 0 Å². The average molecular weight is 230 g/mol. The normalized spacial score (nSPS) is 11.1. The summed E-state index contributed by atoms with van der Waals surface area (Å²) in [4.78, 5) is 11.9. The van der Waals surface area contributed by atoms with Crippen molar-refractivity contribution in [3.8, 4) is 11.5 Å². The maximum atomic E-state index is 5.60. The number of aromatic nitrogens is 3. The molecule has 0 saturated heterocycles. The van der Waals surface area contributed by atoms with Crippen molar-refractivity contribution in [3.63, 3.8) is 0 Å². The highest BCUT2D eigenvalue weighted by atomic mass is 32.1. The van der Waals surface area contributed by atoms with Crippen LogP contribution < -0.4 is 5.73 Å². The summed E-state index contributed by atoms with van der Waals surface area (Å²) in [5, 5.41) is 2.46. The molecule has 0 atom stereocenters. The number of aryl methyl sites for hydroxylation is 1. The molecule has 2 heterocycles. The molecular formula is C11H10N4S. The van der Waals surface area contributed by atoms with Crippen molar-refractivity contribution in [1.29, 1.82) is 0 Å². The molecule has 3 rings (SSSR count). The molecule has 2 aromatic heterocycles. The third-order valence-electron chi connectivity index (χ3n) is 2.40. The summed E-state index contributed by atoms with van der Waals surface area (Å²) < 4.78 is 0. The number of nitrogens with one attached hydrogen (secondary N) is 1. The summed E-state index contributed by atoms with van der Waals surface area (Å²) in [6, 6.07) is 6.12. The number of thiazole rings is 1. The van der Waals surface area contributed by atoms with E-state index in [1.807, 2.05) is 17.5 Å². The minimum atomic E-state index is 0.562. The van der Waals surface area contributed by atoms with Crippen molar-refractivity contribution in [3.05, 3.63) is 29.1 Å². The fourth-order valence-corrected chi connectivity index (χ4v) is 2.19. The predicted molar refractivity (Wildman–Crippen MR) is 66.4 cm³/mol. The Morgan fingerprint density at radius 2 is 2.19 bits per heavy atom. The summed E-state index contributed by atoms with van der Waals surface area (Å²) >= 11 is 1.42. The van der Waals surface area contributed by atoms with Crippen LogP contribution in [0.15, 0.2) is 23.6 Å². The SMILES string of the molecule is Cc1ccc2nc(-c3csc(N)n3)[nH]c2c1. The van der Waals surface area contributed by atoms with Gasteiger partial charge in [-0.1, -0.05) is 6.07 Å². The second-order valence-electron chi connectivity index (χ2n) is 3.68. The van der Waals surface area contributed by atoms with Crippen LogP contribution in [0.1, 0.15) is 5.56 Å². The van der Waals surface area contributed by atoms with Gasteiger partial charge in [0.1, 0.15) is 5.69 Å². The van der Waals surface area contributed by atoms with Crippen LogP contribution in [0.2, 0.25) is 0 Å². The van der Waals surface area contributed by atoms with E-state index in [0.29, 0.717) is 5.13 Å². The molecule has 3 aromatic rings. The van der Waals surface area contributed by atoms with Gasteiger partial charge in [0.15, 0.2) is 11.0 Å². The van der Waals surface area contributed by atoms with Crippen LogP contribution in [0.4, 0.5) is 5.13 Å². The lowest BCUT2D eigenvalue weighted by molar-refractivity contribution is 1.28. The topological polar surface area (TPSA) is 67.6 Å². The van der Waals surface area contributed by atoms with Crippen molar-refractivity contribution >= 4 is 27.5 Å². The molecule has 16 heavy (non-hydrogen) atoms. The number of fused-ring (bicyclic) bond motifs is 1. The molecule has 0 aliphatic heterocycles. The third-order valence-corrected chi connectivity index (χ3v) is 3.08. The van der Waals surface area contributed by atoms with Gasteiger partial charge in [-0.15, -0.1) is 11.3 Å². The Bertz CT molecular complexity index is 653. The summed E-state index contributed by atoms with van der Waals surface area (Å²) in [6.45, 7) is 2.06. The number of nitrogen functional groups attached to an aromatic ring is 1. The summed E-state index contributed by atoms with van der Waals surface area (Å²) in [7, 11) is 0. The van der Waals surface area contributed by atoms with E-state index in [4.69, 9.17) is 5.73 Å². The van der Waals surface area contributed by atoms with Crippen molar-refractivity contribution in [2.45, 2.75) is 6.92 Å². The van der Waals surface area contributed by atoms with Gasteiger partial charge in [0.25, 0.3) is 0 Å². The molecule has 0 aliphatic carbocycles. The number of nitrogens with two attached hydrogens (primary N) is 1. The molecular weight excluding hydrogens is 220 g/mol. The quantitative estimate of drug-likeness (QED) is 0.675. The highest BCUT2D eigenvalue weighted by molar-refractivity contribution is 7.13. The van der Waals surface area contributed by atoms with Crippen LogP contribution in [0.3, 0.4) is 0 Å². The first-order chi connectivity index (χ1) is 7.72. The molecule has 0 unspecified atom stereocenters. The number of imidazole rings is 1. The summed E-state index contributed by atoms with van der Waals surface area (Å²) in [5.41, 5.74) is 9.59. The van der Waals surface area contributed by atoms with Crippen molar-refractivity contribution in [2.24, 2.45) is 0 Å². The van der Waals surface area contributed by atoms with Crippen molar-refractivity contribution < 1.29 is 0 Å². The zero-order valence-corrected chi connectivity index (χ0v) is 9.51. The van der Waals surface area contributed by atoms with Crippen molar-refractivity contribution in [2.75, 3.05) is 5.73 Å². The van der Waals surface area contributed by atoms with E-state index < -0.39 is 0 Å². The molecule has 4 nitrogen and oxygen atoms in total. The molecule has 0 amide bonds. The molecule has 80 valence electrons. The Balaban J connectivity index is 2.18. The molecule has 0 fully saturated rings. The van der Waals surface area contributed by atoms with Gasteiger partial charge in [-0.3, -0.25) is 0 Å². The number of aromatic amines is 1. The number of hydrogen-bond acceptors (Lipinski definition) is 4. The van der Waals surface area contributed by atoms with Gasteiger partial charge in [0.2, 0.25) is 0 Å². The van der Waals surface area contributed by atoms with Crippen LogP contribution in [0, 0.1) is 6.92 Å². The van der Waals surface area contributed by atoms with E-state index in [0.717, 1.165) is 22.6 Å². The number of rotatable bonds is 1. The molecule has 0 bridgehead atoms. The fourth-order valence-electron chi connectivity index (χ4n) is 1.64. The molecule has 3 N–H and O–H groups in total. The van der Waals surface area contributed by atoms with Crippen LogP contribution in [-0.4, -0.2) is 15.0 Å². The second kappa shape index (κ2) is 3.31. The zero-order valence-electron chi connectivity index (χ0n) is 8.69. The van der Waals surface area contributed by atoms with Crippen LogP contribution in [0.25, 0.3) is 22.6 Å². The van der Waals surface area contributed by atoms with Gasteiger partial charge in [0, 0.05) is 5.38 Å². The first-order valence-electron chi connectivity index (χ1n) is 4.90. The Labute approximate surface area is 96.2 Å². The number of anilines is 1. The summed E-state index contributed by atoms with van der Waals surface area (Å²) in [5.74, 6) is 0.772. The standard InChI is InChI=1S/C11H10N4S/c1-6-2-3-7-8(4-6)14-10(13-7)9-5-16-11(12)15-9/h2-5H,1H3,(H2,12,15)(H,13,14). The van der Waals surface area contributed by atoms with Crippen molar-refractivity contribution in [1.82, 2.24) is 15.0 Å². The average Bonchev–Trinajstić information content (AvgIpc) is 2.83. The Hall–Kier alpha value is -1.88. The van der Waals surface area contributed by atoms with Crippen LogP contribution >= 0.6 is 11.3 Å². The zero-order chi connectivity index (χ0) is 11.1. The maximum absolute atomic E-state index is 5.60. The lowest BCUT2D eigenvalue weighted by Gasteiger charge is -1.89.